The van der Waals surface area contributed by atoms with Crippen molar-refractivity contribution in [2.24, 2.45) is 0 Å². The van der Waals surface area contributed by atoms with Crippen molar-refractivity contribution in [3.8, 4) is 0 Å². The molecule has 1 N–H and O–H groups in total. The van der Waals surface area contributed by atoms with E-state index in [9.17, 15) is 41.3 Å². The molecule has 0 radical (unpaired) electrons. The van der Waals surface area contributed by atoms with E-state index in [0.29, 0.717) is 12.1 Å². The lowest BCUT2D eigenvalue weighted by Gasteiger charge is -2.14. The minimum atomic E-state index is -4.99. The van der Waals surface area contributed by atoms with E-state index >= 15 is 0 Å². The van der Waals surface area contributed by atoms with Crippen LogP contribution < -0.4 is 5.32 Å². The van der Waals surface area contributed by atoms with Crippen molar-refractivity contribution in [2.75, 3.05) is 0 Å². The molecule has 2 aromatic carbocycles. The summed E-state index contributed by atoms with van der Waals surface area (Å²) in [5, 5.41) is 13.0. The SMILES string of the molecule is Cc1cc(C(=O)NCc2cc(C(F)(F)F)cc(C(F)(F)F)c2)ccc1[N+](=O)[O-]. The highest BCUT2D eigenvalue weighted by molar-refractivity contribution is 5.94. The second-order valence-electron chi connectivity index (χ2n) is 5.86. The number of carbonyl (C=O) groups is 1. The first-order valence-corrected chi connectivity index (χ1v) is 7.60. The molecule has 0 spiro atoms. The van der Waals surface area contributed by atoms with Crippen LogP contribution in [0.3, 0.4) is 0 Å². The molecule has 0 aliphatic heterocycles. The molecule has 0 bridgehead atoms. The number of nitro groups is 1. The summed E-state index contributed by atoms with van der Waals surface area (Å²) in [6, 6.07) is 4.42. The van der Waals surface area contributed by atoms with Gasteiger partial charge >= 0.3 is 12.4 Å². The molecule has 11 heteroatoms. The first-order valence-electron chi connectivity index (χ1n) is 7.60. The molecule has 150 valence electrons. The summed E-state index contributed by atoms with van der Waals surface area (Å²) in [6.45, 7) is 0.791. The molecule has 0 aliphatic carbocycles. The van der Waals surface area contributed by atoms with Gasteiger partial charge < -0.3 is 5.32 Å². The van der Waals surface area contributed by atoms with Crippen LogP contribution in [0.25, 0.3) is 0 Å². The topological polar surface area (TPSA) is 72.2 Å². The van der Waals surface area contributed by atoms with Gasteiger partial charge in [-0.1, -0.05) is 0 Å². The molecular formula is C17H12F6N2O3. The van der Waals surface area contributed by atoms with Crippen molar-refractivity contribution >= 4 is 11.6 Å². The Labute approximate surface area is 154 Å². The minimum absolute atomic E-state index is 0.00892. The van der Waals surface area contributed by atoms with Crippen LogP contribution >= 0.6 is 0 Å². The summed E-state index contributed by atoms with van der Waals surface area (Å²) < 4.78 is 77.0. The molecule has 0 aliphatic rings. The van der Waals surface area contributed by atoms with Crippen LogP contribution in [0.15, 0.2) is 36.4 Å². The van der Waals surface area contributed by atoms with Crippen molar-refractivity contribution in [1.82, 2.24) is 5.32 Å². The molecule has 2 aromatic rings. The van der Waals surface area contributed by atoms with Gasteiger partial charge in [-0.15, -0.1) is 0 Å². The fourth-order valence-electron chi connectivity index (χ4n) is 2.41. The van der Waals surface area contributed by atoms with Crippen LogP contribution in [0.5, 0.6) is 0 Å². The second-order valence-corrected chi connectivity index (χ2v) is 5.86. The Morgan fingerprint density at radius 1 is 1.00 bits per heavy atom. The Morgan fingerprint density at radius 2 is 1.54 bits per heavy atom. The summed E-state index contributed by atoms with van der Waals surface area (Å²) in [5.41, 5.74) is -3.45. The summed E-state index contributed by atoms with van der Waals surface area (Å²) in [5.74, 6) is -0.802. The number of hydrogen-bond donors (Lipinski definition) is 1. The lowest BCUT2D eigenvalue weighted by Crippen LogP contribution is -2.23. The number of halogens is 6. The largest absolute Gasteiger partial charge is 0.416 e. The van der Waals surface area contributed by atoms with Gasteiger partial charge in [-0.05, 0) is 42.8 Å². The number of nitro benzene ring substituents is 1. The number of nitrogens with one attached hydrogen (secondary N) is 1. The first-order chi connectivity index (χ1) is 12.8. The Kier molecular flexibility index (Phi) is 5.67. The van der Waals surface area contributed by atoms with E-state index in [0.717, 1.165) is 12.1 Å². The quantitative estimate of drug-likeness (QED) is 0.447. The summed E-state index contributed by atoms with van der Waals surface area (Å²) in [7, 11) is 0. The van der Waals surface area contributed by atoms with Gasteiger partial charge in [0.1, 0.15) is 0 Å². The van der Waals surface area contributed by atoms with Gasteiger partial charge in [0.05, 0.1) is 16.1 Å². The van der Waals surface area contributed by atoms with Gasteiger partial charge in [-0.25, -0.2) is 0 Å². The van der Waals surface area contributed by atoms with E-state index in [2.05, 4.69) is 5.32 Å². The van der Waals surface area contributed by atoms with Gasteiger partial charge in [0.25, 0.3) is 11.6 Å². The molecule has 28 heavy (non-hydrogen) atoms. The van der Waals surface area contributed by atoms with E-state index in [1.165, 1.54) is 13.0 Å². The predicted molar refractivity (Wildman–Crippen MR) is 85.4 cm³/mol. The molecule has 0 fully saturated rings. The maximum absolute atomic E-state index is 12.8. The monoisotopic (exact) mass is 406 g/mol. The summed E-state index contributed by atoms with van der Waals surface area (Å²) in [6.07, 6.45) is -9.98. The smallest absolute Gasteiger partial charge is 0.348 e. The summed E-state index contributed by atoms with van der Waals surface area (Å²) >= 11 is 0. The second kappa shape index (κ2) is 7.49. The normalized spacial score (nSPS) is 12.0. The zero-order chi connectivity index (χ0) is 21.3. The molecule has 1 amide bonds. The van der Waals surface area contributed by atoms with Gasteiger partial charge in [0, 0.05) is 23.7 Å². The fourth-order valence-corrected chi connectivity index (χ4v) is 2.41. The third kappa shape index (κ3) is 4.99. The van der Waals surface area contributed by atoms with E-state index < -0.39 is 46.4 Å². The molecular weight excluding hydrogens is 394 g/mol. The van der Waals surface area contributed by atoms with E-state index in [1.807, 2.05) is 0 Å². The van der Waals surface area contributed by atoms with Gasteiger partial charge in [-0.2, -0.15) is 26.3 Å². The lowest BCUT2D eigenvalue weighted by molar-refractivity contribution is -0.385. The van der Waals surface area contributed by atoms with Crippen LogP contribution in [0, 0.1) is 17.0 Å². The third-order valence-corrected chi connectivity index (χ3v) is 3.76. The zero-order valence-electron chi connectivity index (χ0n) is 14.1. The Hall–Kier alpha value is -3.11. The number of hydrogen-bond acceptors (Lipinski definition) is 3. The molecule has 0 saturated carbocycles. The highest BCUT2D eigenvalue weighted by Gasteiger charge is 2.36. The number of nitrogens with zero attached hydrogens (tertiary/aromatic N) is 1. The average Bonchev–Trinajstić information content (AvgIpc) is 2.57. The highest BCUT2D eigenvalue weighted by Crippen LogP contribution is 2.36. The van der Waals surface area contributed by atoms with Crippen LogP contribution in [-0.2, 0) is 18.9 Å². The Morgan fingerprint density at radius 3 is 1.96 bits per heavy atom. The van der Waals surface area contributed by atoms with Crippen LogP contribution in [0.2, 0.25) is 0 Å². The maximum atomic E-state index is 12.8. The van der Waals surface area contributed by atoms with Crippen molar-refractivity contribution in [3.05, 3.63) is 74.3 Å². The highest BCUT2D eigenvalue weighted by atomic mass is 19.4. The van der Waals surface area contributed by atoms with Crippen LogP contribution in [0.4, 0.5) is 32.0 Å². The van der Waals surface area contributed by atoms with Crippen LogP contribution in [-0.4, -0.2) is 10.8 Å². The predicted octanol–water partition coefficient (Wildman–Crippen LogP) is 4.87. The van der Waals surface area contributed by atoms with Crippen molar-refractivity contribution in [2.45, 2.75) is 25.8 Å². The number of amides is 1. The minimum Gasteiger partial charge on any atom is -0.348 e. The van der Waals surface area contributed by atoms with Crippen molar-refractivity contribution in [1.29, 1.82) is 0 Å². The van der Waals surface area contributed by atoms with Crippen molar-refractivity contribution < 1.29 is 36.1 Å². The maximum Gasteiger partial charge on any atom is 0.416 e. The van der Waals surface area contributed by atoms with Crippen LogP contribution in [0.1, 0.15) is 32.6 Å². The number of alkyl halides is 6. The fraction of sp³-hybridized carbons (Fsp3) is 0.235. The molecule has 0 heterocycles. The summed E-state index contributed by atoms with van der Waals surface area (Å²) in [4.78, 5) is 22.2. The third-order valence-electron chi connectivity index (χ3n) is 3.76. The average molecular weight is 406 g/mol. The lowest BCUT2D eigenvalue weighted by atomic mass is 10.0. The van der Waals surface area contributed by atoms with Crippen molar-refractivity contribution in [3.63, 3.8) is 0 Å². The van der Waals surface area contributed by atoms with E-state index in [1.54, 1.807) is 0 Å². The van der Waals surface area contributed by atoms with E-state index in [4.69, 9.17) is 0 Å². The molecule has 0 atom stereocenters. The van der Waals surface area contributed by atoms with Gasteiger partial charge in [-0.3, -0.25) is 14.9 Å². The molecule has 0 saturated heterocycles. The molecule has 0 aromatic heterocycles. The molecule has 2 rings (SSSR count). The standard InChI is InChI=1S/C17H12F6N2O3/c1-9-4-11(2-3-14(9)25(27)28)15(26)24-8-10-5-12(16(18,19)20)7-13(6-10)17(21,22)23/h2-7H,8H2,1H3,(H,24,26). The Bertz CT molecular complexity index is 890. The number of aryl methyl sites for hydroxylation is 1. The Balaban J connectivity index is 2.25. The number of rotatable bonds is 4. The zero-order valence-corrected chi connectivity index (χ0v) is 14.1. The van der Waals surface area contributed by atoms with Gasteiger partial charge in [0.15, 0.2) is 0 Å². The molecule has 0 unspecified atom stereocenters. The van der Waals surface area contributed by atoms with Gasteiger partial charge in [0.2, 0.25) is 0 Å². The van der Waals surface area contributed by atoms with E-state index in [-0.39, 0.29) is 22.9 Å². The number of carbonyl (C=O) groups excluding carboxylic acids is 1. The number of benzene rings is 2. The molecule has 5 nitrogen and oxygen atoms in total. The first kappa shape index (κ1) is 21.2.